The van der Waals surface area contributed by atoms with Gasteiger partial charge in [-0.15, -0.1) is 0 Å². The van der Waals surface area contributed by atoms with Crippen molar-refractivity contribution in [2.24, 2.45) is 5.92 Å². The van der Waals surface area contributed by atoms with Crippen LogP contribution in [-0.4, -0.2) is 29.6 Å². The minimum Gasteiger partial charge on any atom is -0.343 e. The molecule has 0 heterocycles. The van der Waals surface area contributed by atoms with Crippen LogP contribution in [0.5, 0.6) is 0 Å². The van der Waals surface area contributed by atoms with Crippen molar-refractivity contribution in [3.05, 3.63) is 0 Å². The summed E-state index contributed by atoms with van der Waals surface area (Å²) in [4.78, 5) is 13.6. The molecule has 88 valence electrons. The minimum atomic E-state index is 0.255. The molecule has 1 amide bonds. The Kier molecular flexibility index (Phi) is 5.51. The van der Waals surface area contributed by atoms with Crippen LogP contribution >= 0.6 is 12.6 Å². The predicted octanol–water partition coefficient (Wildman–Crippen LogP) is 2.73. The van der Waals surface area contributed by atoms with Gasteiger partial charge in [-0.05, 0) is 37.4 Å². The number of hydrogen-bond donors (Lipinski definition) is 1. The molecular weight excluding hydrogens is 206 g/mol. The fourth-order valence-electron chi connectivity index (χ4n) is 2.42. The Morgan fingerprint density at radius 1 is 1.33 bits per heavy atom. The van der Waals surface area contributed by atoms with Crippen LogP contribution in [0.3, 0.4) is 0 Å². The summed E-state index contributed by atoms with van der Waals surface area (Å²) in [6.07, 6.45) is 6.83. The molecule has 3 heteroatoms. The molecule has 0 unspecified atom stereocenters. The normalized spacial score (nSPS) is 26.3. The van der Waals surface area contributed by atoms with E-state index in [4.69, 9.17) is 0 Å². The van der Waals surface area contributed by atoms with Crippen molar-refractivity contribution in [1.29, 1.82) is 0 Å². The van der Waals surface area contributed by atoms with Gasteiger partial charge in [0, 0.05) is 19.5 Å². The molecule has 0 aromatic rings. The number of thiol groups is 1. The van der Waals surface area contributed by atoms with Gasteiger partial charge in [-0.1, -0.05) is 13.3 Å². The fourth-order valence-corrected chi connectivity index (χ4v) is 2.61. The molecule has 1 aliphatic carbocycles. The van der Waals surface area contributed by atoms with Gasteiger partial charge in [0.25, 0.3) is 0 Å². The van der Waals surface area contributed by atoms with E-state index >= 15 is 0 Å². The molecule has 0 aliphatic heterocycles. The number of amides is 1. The maximum atomic E-state index is 11.7. The van der Waals surface area contributed by atoms with Crippen molar-refractivity contribution >= 4 is 18.5 Å². The Bertz CT molecular complexity index is 200. The van der Waals surface area contributed by atoms with Crippen molar-refractivity contribution in [2.75, 3.05) is 12.8 Å². The molecule has 0 saturated heterocycles. The lowest BCUT2D eigenvalue weighted by atomic mass is 9.84. The fraction of sp³-hybridized carbons (Fsp3) is 0.917. The van der Waals surface area contributed by atoms with E-state index in [1.807, 2.05) is 11.9 Å². The SMILES string of the molecule is CCC1CCC(N(C)C(=O)CCS)CC1. The maximum absolute atomic E-state index is 11.7. The molecule has 0 bridgehead atoms. The van der Waals surface area contributed by atoms with Crippen LogP contribution in [0.15, 0.2) is 0 Å². The van der Waals surface area contributed by atoms with Gasteiger partial charge < -0.3 is 4.90 Å². The van der Waals surface area contributed by atoms with Crippen molar-refractivity contribution in [2.45, 2.75) is 51.5 Å². The average Bonchev–Trinajstić information content (AvgIpc) is 2.28. The Morgan fingerprint density at radius 2 is 1.93 bits per heavy atom. The first-order chi connectivity index (χ1) is 7.19. The van der Waals surface area contributed by atoms with E-state index in [0.717, 1.165) is 5.92 Å². The lowest BCUT2D eigenvalue weighted by molar-refractivity contribution is -0.132. The topological polar surface area (TPSA) is 20.3 Å². The van der Waals surface area contributed by atoms with Gasteiger partial charge in [-0.3, -0.25) is 4.79 Å². The second kappa shape index (κ2) is 6.41. The summed E-state index contributed by atoms with van der Waals surface area (Å²) in [5, 5.41) is 0. The highest BCUT2D eigenvalue weighted by Gasteiger charge is 2.25. The van der Waals surface area contributed by atoms with Gasteiger partial charge in [-0.2, -0.15) is 12.6 Å². The number of hydrogen-bond acceptors (Lipinski definition) is 2. The van der Waals surface area contributed by atoms with E-state index < -0.39 is 0 Å². The van der Waals surface area contributed by atoms with Crippen molar-refractivity contribution in [1.82, 2.24) is 4.90 Å². The molecular formula is C12H23NOS. The van der Waals surface area contributed by atoms with Crippen LogP contribution in [0, 0.1) is 5.92 Å². The molecule has 1 aliphatic rings. The summed E-state index contributed by atoms with van der Waals surface area (Å²) in [6, 6.07) is 0.486. The molecule has 1 rings (SSSR count). The first-order valence-electron chi connectivity index (χ1n) is 6.05. The molecule has 0 aromatic heterocycles. The number of nitrogens with zero attached hydrogens (tertiary/aromatic N) is 1. The van der Waals surface area contributed by atoms with E-state index in [1.54, 1.807) is 0 Å². The molecule has 0 atom stereocenters. The third kappa shape index (κ3) is 3.71. The largest absolute Gasteiger partial charge is 0.343 e. The van der Waals surface area contributed by atoms with Gasteiger partial charge in [0.2, 0.25) is 5.91 Å². The predicted molar refractivity (Wildman–Crippen MR) is 67.3 cm³/mol. The smallest absolute Gasteiger partial charge is 0.223 e. The third-order valence-electron chi connectivity index (χ3n) is 3.66. The molecule has 1 fully saturated rings. The zero-order chi connectivity index (χ0) is 11.3. The first-order valence-corrected chi connectivity index (χ1v) is 6.68. The number of carbonyl (C=O) groups is 1. The van der Waals surface area contributed by atoms with Crippen LogP contribution in [0.25, 0.3) is 0 Å². The summed E-state index contributed by atoms with van der Waals surface area (Å²) in [7, 11) is 1.95. The number of carbonyl (C=O) groups excluding carboxylic acids is 1. The molecule has 0 aromatic carbocycles. The standard InChI is InChI=1S/C12H23NOS/c1-3-10-4-6-11(7-5-10)13(2)12(14)8-9-15/h10-11,15H,3-9H2,1-2H3. The zero-order valence-electron chi connectivity index (χ0n) is 9.91. The van der Waals surface area contributed by atoms with Crippen LogP contribution in [-0.2, 0) is 4.79 Å². The minimum absolute atomic E-state index is 0.255. The number of rotatable bonds is 4. The molecule has 15 heavy (non-hydrogen) atoms. The van der Waals surface area contributed by atoms with E-state index in [2.05, 4.69) is 19.6 Å². The Hall–Kier alpha value is -0.180. The summed E-state index contributed by atoms with van der Waals surface area (Å²) in [6.45, 7) is 2.26. The van der Waals surface area contributed by atoms with Crippen LogP contribution in [0.1, 0.15) is 45.4 Å². The molecule has 2 nitrogen and oxygen atoms in total. The zero-order valence-corrected chi connectivity index (χ0v) is 10.8. The van der Waals surface area contributed by atoms with Crippen LogP contribution < -0.4 is 0 Å². The van der Waals surface area contributed by atoms with Gasteiger partial charge >= 0.3 is 0 Å². The van der Waals surface area contributed by atoms with Crippen LogP contribution in [0.4, 0.5) is 0 Å². The Balaban J connectivity index is 2.35. The quantitative estimate of drug-likeness (QED) is 0.735. The third-order valence-corrected chi connectivity index (χ3v) is 3.88. The summed E-state index contributed by atoms with van der Waals surface area (Å²) < 4.78 is 0. The Morgan fingerprint density at radius 3 is 2.40 bits per heavy atom. The van der Waals surface area contributed by atoms with E-state index in [1.165, 1.54) is 32.1 Å². The highest BCUT2D eigenvalue weighted by Crippen LogP contribution is 2.29. The van der Waals surface area contributed by atoms with Crippen molar-refractivity contribution in [3.63, 3.8) is 0 Å². The summed E-state index contributed by atoms with van der Waals surface area (Å²) in [5.74, 6) is 1.81. The van der Waals surface area contributed by atoms with Gasteiger partial charge in [-0.25, -0.2) is 0 Å². The molecule has 0 radical (unpaired) electrons. The maximum Gasteiger partial charge on any atom is 0.223 e. The highest BCUT2D eigenvalue weighted by atomic mass is 32.1. The second-order valence-electron chi connectivity index (χ2n) is 4.56. The van der Waals surface area contributed by atoms with Crippen molar-refractivity contribution < 1.29 is 4.79 Å². The highest BCUT2D eigenvalue weighted by molar-refractivity contribution is 7.80. The second-order valence-corrected chi connectivity index (χ2v) is 5.01. The molecule has 0 N–H and O–H groups in total. The van der Waals surface area contributed by atoms with Gasteiger partial charge in [0.1, 0.15) is 0 Å². The van der Waals surface area contributed by atoms with E-state index in [9.17, 15) is 4.79 Å². The summed E-state index contributed by atoms with van der Waals surface area (Å²) in [5.41, 5.74) is 0. The Labute approximate surface area is 98.8 Å². The monoisotopic (exact) mass is 229 g/mol. The van der Waals surface area contributed by atoms with Crippen molar-refractivity contribution in [3.8, 4) is 0 Å². The molecule has 1 saturated carbocycles. The van der Waals surface area contributed by atoms with Crippen LogP contribution in [0.2, 0.25) is 0 Å². The average molecular weight is 229 g/mol. The van der Waals surface area contributed by atoms with Gasteiger partial charge in [0.15, 0.2) is 0 Å². The first kappa shape index (κ1) is 12.9. The molecule has 0 spiro atoms. The van der Waals surface area contributed by atoms with E-state index in [0.29, 0.717) is 18.2 Å². The lowest BCUT2D eigenvalue weighted by Gasteiger charge is -2.34. The van der Waals surface area contributed by atoms with Gasteiger partial charge in [0.05, 0.1) is 0 Å². The summed E-state index contributed by atoms with van der Waals surface area (Å²) >= 11 is 4.10. The van der Waals surface area contributed by atoms with E-state index in [-0.39, 0.29) is 5.91 Å². The lowest BCUT2D eigenvalue weighted by Crippen LogP contribution is -2.39.